The zero-order valence-corrected chi connectivity index (χ0v) is 20.3. The van der Waals surface area contributed by atoms with Gasteiger partial charge in [0.2, 0.25) is 5.91 Å². The molecule has 3 rings (SSSR count). The Bertz CT molecular complexity index is 1140. The Kier molecular flexibility index (Phi) is 8.34. The summed E-state index contributed by atoms with van der Waals surface area (Å²) in [5, 5.41) is 5.58. The summed E-state index contributed by atoms with van der Waals surface area (Å²) in [6.07, 6.45) is 0.285. The first-order valence-corrected chi connectivity index (χ1v) is 12.3. The van der Waals surface area contributed by atoms with Crippen LogP contribution in [0.25, 0.3) is 0 Å². The predicted octanol–water partition coefficient (Wildman–Crippen LogP) is 4.96. The Morgan fingerprint density at radius 3 is 2.12 bits per heavy atom. The molecule has 0 spiro atoms. The van der Waals surface area contributed by atoms with Crippen LogP contribution in [0, 0.1) is 11.2 Å². The minimum Gasteiger partial charge on any atom is -0.340 e. The van der Waals surface area contributed by atoms with E-state index in [1.807, 2.05) is 51.1 Å². The van der Waals surface area contributed by atoms with E-state index < -0.39 is 28.6 Å². The first-order chi connectivity index (χ1) is 16.1. The number of carbonyl (C=O) groups excluding carboxylic acids is 2. The van der Waals surface area contributed by atoms with Gasteiger partial charge in [0, 0.05) is 28.3 Å². The number of halogens is 1. The van der Waals surface area contributed by atoms with Gasteiger partial charge < -0.3 is 10.6 Å². The number of hydrogen-bond acceptors (Lipinski definition) is 3. The molecule has 178 valence electrons. The van der Waals surface area contributed by atoms with Crippen molar-refractivity contribution in [2.45, 2.75) is 38.1 Å². The molecule has 0 saturated heterocycles. The van der Waals surface area contributed by atoms with E-state index in [9.17, 15) is 18.2 Å². The standard InChI is InChI=1S/C27H29FN2O3S/c1-27(2,3)18-34(33)23-15-13-22(14-16-23)29-26(32)24(17-19-7-5-4-6-8-19)30-25(31)20-9-11-21(28)12-10-20/h4-16,24H,17-18H2,1-3H3,(H,29,32)(H,30,31). The smallest absolute Gasteiger partial charge is 0.251 e. The molecule has 2 atom stereocenters. The van der Waals surface area contributed by atoms with E-state index in [0.29, 0.717) is 16.3 Å². The molecule has 0 aliphatic rings. The minimum atomic E-state index is -1.14. The van der Waals surface area contributed by atoms with Crippen LogP contribution < -0.4 is 10.6 Å². The van der Waals surface area contributed by atoms with Crippen molar-refractivity contribution in [3.8, 4) is 0 Å². The van der Waals surface area contributed by atoms with Crippen LogP contribution in [0.1, 0.15) is 36.7 Å². The summed E-state index contributed by atoms with van der Waals surface area (Å²) in [6.45, 7) is 6.10. The van der Waals surface area contributed by atoms with Crippen LogP contribution in [0.15, 0.2) is 83.8 Å². The number of rotatable bonds is 8. The van der Waals surface area contributed by atoms with Gasteiger partial charge in [0.05, 0.1) is 10.8 Å². The maximum Gasteiger partial charge on any atom is 0.251 e. The third-order valence-electron chi connectivity index (χ3n) is 4.96. The highest BCUT2D eigenvalue weighted by Crippen LogP contribution is 2.20. The number of hydrogen-bond donors (Lipinski definition) is 2. The van der Waals surface area contributed by atoms with Crippen LogP contribution in [0.4, 0.5) is 10.1 Å². The molecule has 0 aliphatic heterocycles. The molecule has 3 aromatic carbocycles. The van der Waals surface area contributed by atoms with E-state index in [1.54, 1.807) is 24.3 Å². The summed E-state index contributed by atoms with van der Waals surface area (Å²) in [5.74, 6) is -0.762. The zero-order valence-electron chi connectivity index (χ0n) is 19.5. The summed E-state index contributed by atoms with van der Waals surface area (Å²) in [7, 11) is -1.14. The Labute approximate surface area is 202 Å². The molecular weight excluding hydrogens is 451 g/mol. The van der Waals surface area contributed by atoms with Crippen LogP contribution in [-0.2, 0) is 22.0 Å². The van der Waals surface area contributed by atoms with Gasteiger partial charge in [-0.15, -0.1) is 0 Å². The topological polar surface area (TPSA) is 75.3 Å². The Morgan fingerprint density at radius 2 is 1.53 bits per heavy atom. The van der Waals surface area contributed by atoms with Crippen molar-refractivity contribution < 1.29 is 18.2 Å². The second-order valence-electron chi connectivity index (χ2n) is 9.29. The fraction of sp³-hybridized carbons (Fsp3) is 0.259. The molecule has 0 aliphatic carbocycles. The lowest BCUT2D eigenvalue weighted by Gasteiger charge is -2.19. The summed E-state index contributed by atoms with van der Waals surface area (Å²) < 4.78 is 25.7. The zero-order chi connectivity index (χ0) is 24.7. The second kappa shape index (κ2) is 11.2. The monoisotopic (exact) mass is 480 g/mol. The van der Waals surface area contributed by atoms with E-state index in [4.69, 9.17) is 0 Å². The predicted molar refractivity (Wildman–Crippen MR) is 134 cm³/mol. The normalized spacial score (nSPS) is 13.1. The van der Waals surface area contributed by atoms with Gasteiger partial charge >= 0.3 is 0 Å². The number of benzene rings is 3. The number of anilines is 1. The van der Waals surface area contributed by atoms with E-state index in [2.05, 4.69) is 10.6 Å². The lowest BCUT2D eigenvalue weighted by atomic mass is 10.0. The molecule has 5 nitrogen and oxygen atoms in total. The van der Waals surface area contributed by atoms with E-state index >= 15 is 0 Å². The van der Waals surface area contributed by atoms with Gasteiger partial charge in [-0.05, 0) is 59.5 Å². The molecule has 0 fully saturated rings. The van der Waals surface area contributed by atoms with Crippen LogP contribution in [0.2, 0.25) is 0 Å². The summed E-state index contributed by atoms with van der Waals surface area (Å²) in [5.41, 5.74) is 1.62. The van der Waals surface area contributed by atoms with Crippen molar-refractivity contribution in [3.63, 3.8) is 0 Å². The van der Waals surface area contributed by atoms with Crippen molar-refractivity contribution in [1.29, 1.82) is 0 Å². The van der Waals surface area contributed by atoms with Crippen molar-refractivity contribution in [1.82, 2.24) is 5.32 Å². The average molecular weight is 481 g/mol. The van der Waals surface area contributed by atoms with Crippen LogP contribution in [-0.4, -0.2) is 27.8 Å². The van der Waals surface area contributed by atoms with Crippen molar-refractivity contribution in [2.75, 3.05) is 11.1 Å². The fourth-order valence-electron chi connectivity index (χ4n) is 3.30. The Morgan fingerprint density at radius 1 is 0.912 bits per heavy atom. The van der Waals surface area contributed by atoms with Crippen LogP contribution >= 0.6 is 0 Å². The largest absolute Gasteiger partial charge is 0.340 e. The van der Waals surface area contributed by atoms with Gasteiger partial charge in [0.15, 0.2) is 0 Å². The van der Waals surface area contributed by atoms with E-state index in [-0.39, 0.29) is 23.3 Å². The molecule has 0 heterocycles. The van der Waals surface area contributed by atoms with Gasteiger partial charge in [-0.1, -0.05) is 51.1 Å². The molecule has 2 unspecified atom stereocenters. The molecule has 7 heteroatoms. The van der Waals surface area contributed by atoms with Crippen LogP contribution in [0.3, 0.4) is 0 Å². The highest BCUT2D eigenvalue weighted by Gasteiger charge is 2.23. The molecule has 3 aromatic rings. The Balaban J connectivity index is 1.73. The SMILES string of the molecule is CC(C)(C)CS(=O)c1ccc(NC(=O)C(Cc2ccccc2)NC(=O)c2ccc(F)cc2)cc1. The molecule has 0 radical (unpaired) electrons. The lowest BCUT2D eigenvalue weighted by Crippen LogP contribution is -2.45. The first-order valence-electron chi connectivity index (χ1n) is 11.0. The van der Waals surface area contributed by atoms with Crippen molar-refractivity contribution >= 4 is 28.3 Å². The molecule has 34 heavy (non-hydrogen) atoms. The average Bonchev–Trinajstić information content (AvgIpc) is 2.79. The van der Waals surface area contributed by atoms with Gasteiger partial charge in [0.1, 0.15) is 11.9 Å². The minimum absolute atomic E-state index is 0.0643. The van der Waals surface area contributed by atoms with E-state index in [0.717, 1.165) is 5.56 Å². The first kappa shape index (κ1) is 25.3. The molecule has 0 bridgehead atoms. The van der Waals surface area contributed by atoms with Gasteiger partial charge in [0.25, 0.3) is 5.91 Å². The van der Waals surface area contributed by atoms with Crippen molar-refractivity contribution in [3.05, 3.63) is 95.8 Å². The molecule has 0 aromatic heterocycles. The maximum absolute atomic E-state index is 13.2. The van der Waals surface area contributed by atoms with Gasteiger partial charge in [-0.25, -0.2) is 4.39 Å². The van der Waals surface area contributed by atoms with Gasteiger partial charge in [-0.3, -0.25) is 13.8 Å². The molecule has 2 N–H and O–H groups in total. The summed E-state index contributed by atoms with van der Waals surface area (Å²) >= 11 is 0. The highest BCUT2D eigenvalue weighted by atomic mass is 32.2. The van der Waals surface area contributed by atoms with Crippen molar-refractivity contribution in [2.24, 2.45) is 5.41 Å². The molecule has 2 amide bonds. The maximum atomic E-state index is 13.2. The highest BCUT2D eigenvalue weighted by molar-refractivity contribution is 7.85. The summed E-state index contributed by atoms with van der Waals surface area (Å²) in [4.78, 5) is 26.5. The quantitative estimate of drug-likeness (QED) is 0.479. The van der Waals surface area contributed by atoms with Crippen LogP contribution in [0.5, 0.6) is 0 Å². The van der Waals surface area contributed by atoms with E-state index in [1.165, 1.54) is 24.3 Å². The number of amides is 2. The fourth-order valence-corrected chi connectivity index (χ4v) is 4.69. The lowest BCUT2D eigenvalue weighted by molar-refractivity contribution is -0.118. The summed E-state index contributed by atoms with van der Waals surface area (Å²) in [6, 6.07) is 20.5. The molecular formula is C27H29FN2O3S. The van der Waals surface area contributed by atoms with Gasteiger partial charge in [-0.2, -0.15) is 0 Å². The Hall–Kier alpha value is -3.32. The number of nitrogens with one attached hydrogen (secondary N) is 2. The molecule has 0 saturated carbocycles. The third-order valence-corrected chi connectivity index (χ3v) is 6.89. The second-order valence-corrected chi connectivity index (χ2v) is 10.7. The number of carbonyl (C=O) groups is 2. The third kappa shape index (κ3) is 7.63.